The number of amides is 2. The smallest absolute Gasteiger partial charge is 0.319 e. The van der Waals surface area contributed by atoms with Gasteiger partial charge in [0, 0.05) is 37.6 Å². The van der Waals surface area contributed by atoms with E-state index in [1.165, 1.54) is 22.4 Å². The van der Waals surface area contributed by atoms with Gasteiger partial charge in [-0.15, -0.1) is 0 Å². The van der Waals surface area contributed by atoms with E-state index in [1.807, 2.05) is 6.07 Å². The SMILES string of the molecule is CCN1CCN(c2ccc(NC(=O)N[C@H]3CCCc4ccccc43)cc2C)CC1. The van der Waals surface area contributed by atoms with Gasteiger partial charge in [-0.05, 0) is 67.6 Å². The fraction of sp³-hybridized carbons (Fsp3) is 0.458. The van der Waals surface area contributed by atoms with Crippen LogP contribution in [0.1, 0.15) is 42.5 Å². The Balaban J connectivity index is 1.38. The van der Waals surface area contributed by atoms with E-state index in [2.05, 4.69) is 70.7 Å². The maximum Gasteiger partial charge on any atom is 0.319 e. The van der Waals surface area contributed by atoms with Crippen LogP contribution in [-0.4, -0.2) is 43.7 Å². The first kappa shape index (κ1) is 19.8. The Morgan fingerprint density at radius 2 is 1.90 bits per heavy atom. The van der Waals surface area contributed by atoms with Crippen LogP contribution in [0.25, 0.3) is 0 Å². The first-order valence-corrected chi connectivity index (χ1v) is 10.9. The van der Waals surface area contributed by atoms with Crippen LogP contribution >= 0.6 is 0 Å². The van der Waals surface area contributed by atoms with Crippen LogP contribution in [0.4, 0.5) is 16.2 Å². The number of aryl methyl sites for hydroxylation is 2. The first-order chi connectivity index (χ1) is 14.1. The zero-order valence-electron chi connectivity index (χ0n) is 17.6. The summed E-state index contributed by atoms with van der Waals surface area (Å²) >= 11 is 0. The van der Waals surface area contributed by atoms with Crippen LogP contribution in [-0.2, 0) is 6.42 Å². The monoisotopic (exact) mass is 392 g/mol. The second-order valence-corrected chi connectivity index (χ2v) is 8.16. The van der Waals surface area contributed by atoms with Gasteiger partial charge in [0.25, 0.3) is 0 Å². The molecule has 1 aliphatic carbocycles. The lowest BCUT2D eigenvalue weighted by Crippen LogP contribution is -2.46. The summed E-state index contributed by atoms with van der Waals surface area (Å²) in [6.07, 6.45) is 3.20. The molecular formula is C24H32N4O. The highest BCUT2D eigenvalue weighted by molar-refractivity contribution is 5.90. The van der Waals surface area contributed by atoms with Gasteiger partial charge in [-0.2, -0.15) is 0 Å². The predicted octanol–water partition coefficient (Wildman–Crippen LogP) is 4.34. The maximum absolute atomic E-state index is 12.6. The van der Waals surface area contributed by atoms with E-state index in [1.54, 1.807) is 0 Å². The summed E-state index contributed by atoms with van der Waals surface area (Å²) in [5, 5.41) is 6.20. The number of hydrogen-bond acceptors (Lipinski definition) is 3. The Morgan fingerprint density at radius 1 is 1.10 bits per heavy atom. The van der Waals surface area contributed by atoms with Crippen LogP contribution in [0.2, 0.25) is 0 Å². The van der Waals surface area contributed by atoms with Gasteiger partial charge in [0.2, 0.25) is 0 Å². The summed E-state index contributed by atoms with van der Waals surface area (Å²) in [4.78, 5) is 17.5. The normalized spacial score (nSPS) is 19.5. The number of carbonyl (C=O) groups is 1. The van der Waals surface area contributed by atoms with Crippen molar-refractivity contribution in [3.8, 4) is 0 Å². The standard InChI is InChI=1S/C24H32N4O/c1-3-27-13-15-28(16-14-27)23-12-11-20(17-18(23)2)25-24(29)26-22-10-6-8-19-7-4-5-9-21(19)22/h4-5,7,9,11-12,17,22H,3,6,8,10,13-16H2,1-2H3,(H2,25,26,29)/t22-/m0/s1. The summed E-state index contributed by atoms with van der Waals surface area (Å²) in [5.41, 5.74) is 5.93. The Morgan fingerprint density at radius 3 is 2.66 bits per heavy atom. The fourth-order valence-electron chi connectivity index (χ4n) is 4.62. The number of nitrogens with one attached hydrogen (secondary N) is 2. The van der Waals surface area contributed by atoms with E-state index in [9.17, 15) is 4.79 Å². The molecule has 5 nitrogen and oxygen atoms in total. The van der Waals surface area contributed by atoms with E-state index >= 15 is 0 Å². The van der Waals surface area contributed by atoms with Crippen molar-refractivity contribution in [2.75, 3.05) is 42.9 Å². The minimum atomic E-state index is -0.129. The number of anilines is 2. The van der Waals surface area contributed by atoms with Gasteiger partial charge in [-0.1, -0.05) is 31.2 Å². The topological polar surface area (TPSA) is 47.6 Å². The van der Waals surface area contributed by atoms with E-state index in [0.29, 0.717) is 0 Å². The Bertz CT molecular complexity index is 858. The van der Waals surface area contributed by atoms with E-state index in [0.717, 1.165) is 57.7 Å². The van der Waals surface area contributed by atoms with Crippen molar-refractivity contribution in [2.45, 2.75) is 39.2 Å². The first-order valence-electron chi connectivity index (χ1n) is 10.9. The average Bonchev–Trinajstić information content (AvgIpc) is 2.74. The molecule has 2 aliphatic rings. The molecule has 1 atom stereocenters. The average molecular weight is 393 g/mol. The van der Waals surface area contributed by atoms with Crippen molar-refractivity contribution in [1.82, 2.24) is 10.2 Å². The number of benzene rings is 2. The van der Waals surface area contributed by atoms with Crippen molar-refractivity contribution in [3.05, 3.63) is 59.2 Å². The third-order valence-corrected chi connectivity index (χ3v) is 6.29. The molecule has 2 aromatic carbocycles. The van der Waals surface area contributed by atoms with Gasteiger partial charge in [0.05, 0.1) is 6.04 Å². The molecule has 0 saturated carbocycles. The Kier molecular flexibility index (Phi) is 6.05. The van der Waals surface area contributed by atoms with Crippen molar-refractivity contribution in [2.24, 2.45) is 0 Å². The second-order valence-electron chi connectivity index (χ2n) is 8.16. The molecule has 1 saturated heterocycles. The molecule has 5 heteroatoms. The Labute approximate surface area is 174 Å². The molecule has 1 fully saturated rings. The summed E-state index contributed by atoms with van der Waals surface area (Å²) in [6, 6.07) is 14.6. The molecule has 4 rings (SSSR count). The van der Waals surface area contributed by atoms with Crippen LogP contribution in [0, 0.1) is 6.92 Å². The fourth-order valence-corrected chi connectivity index (χ4v) is 4.62. The minimum Gasteiger partial charge on any atom is -0.369 e. The van der Waals surface area contributed by atoms with Crippen molar-refractivity contribution >= 4 is 17.4 Å². The van der Waals surface area contributed by atoms with E-state index in [-0.39, 0.29) is 12.1 Å². The zero-order chi connectivity index (χ0) is 20.2. The zero-order valence-corrected chi connectivity index (χ0v) is 17.6. The summed E-state index contributed by atoms with van der Waals surface area (Å²) in [7, 11) is 0. The summed E-state index contributed by atoms with van der Waals surface area (Å²) < 4.78 is 0. The molecule has 1 heterocycles. The van der Waals surface area contributed by atoms with Crippen LogP contribution in [0.3, 0.4) is 0 Å². The molecule has 29 heavy (non-hydrogen) atoms. The lowest BCUT2D eigenvalue weighted by atomic mass is 9.88. The molecule has 154 valence electrons. The van der Waals surface area contributed by atoms with Gasteiger partial charge >= 0.3 is 6.03 Å². The second kappa shape index (κ2) is 8.87. The van der Waals surface area contributed by atoms with Crippen LogP contribution in [0.15, 0.2) is 42.5 Å². The molecule has 0 unspecified atom stereocenters. The molecule has 0 radical (unpaired) electrons. The van der Waals surface area contributed by atoms with Crippen molar-refractivity contribution in [1.29, 1.82) is 0 Å². The maximum atomic E-state index is 12.6. The molecule has 2 aromatic rings. The largest absolute Gasteiger partial charge is 0.369 e. The number of rotatable bonds is 4. The third-order valence-electron chi connectivity index (χ3n) is 6.29. The van der Waals surface area contributed by atoms with Crippen molar-refractivity contribution in [3.63, 3.8) is 0 Å². The van der Waals surface area contributed by atoms with E-state index < -0.39 is 0 Å². The molecular weight excluding hydrogens is 360 g/mol. The van der Waals surface area contributed by atoms with Gasteiger partial charge in [0.1, 0.15) is 0 Å². The highest BCUT2D eigenvalue weighted by Crippen LogP contribution is 2.30. The number of likely N-dealkylation sites (N-methyl/N-ethyl adjacent to an activating group) is 1. The third kappa shape index (κ3) is 4.56. The summed E-state index contributed by atoms with van der Waals surface area (Å²) in [6.45, 7) is 9.81. The molecule has 2 N–H and O–H groups in total. The number of piperazine rings is 1. The Hall–Kier alpha value is -2.53. The number of nitrogens with zero attached hydrogens (tertiary/aromatic N) is 2. The number of hydrogen-bond donors (Lipinski definition) is 2. The van der Waals surface area contributed by atoms with Crippen LogP contribution < -0.4 is 15.5 Å². The lowest BCUT2D eigenvalue weighted by molar-refractivity contribution is 0.247. The highest BCUT2D eigenvalue weighted by atomic mass is 16.2. The van der Waals surface area contributed by atoms with Crippen molar-refractivity contribution < 1.29 is 4.79 Å². The quantitative estimate of drug-likeness (QED) is 0.814. The molecule has 2 amide bonds. The van der Waals surface area contributed by atoms with Gasteiger partial charge in [-0.25, -0.2) is 4.79 Å². The predicted molar refractivity (Wildman–Crippen MR) is 120 cm³/mol. The minimum absolute atomic E-state index is 0.0928. The number of fused-ring (bicyclic) bond motifs is 1. The van der Waals surface area contributed by atoms with Crippen LogP contribution in [0.5, 0.6) is 0 Å². The molecule has 0 spiro atoms. The van der Waals surface area contributed by atoms with Gasteiger partial charge < -0.3 is 20.4 Å². The van der Waals surface area contributed by atoms with Gasteiger partial charge in [-0.3, -0.25) is 0 Å². The highest BCUT2D eigenvalue weighted by Gasteiger charge is 2.22. The van der Waals surface area contributed by atoms with E-state index in [4.69, 9.17) is 0 Å². The molecule has 1 aliphatic heterocycles. The molecule has 0 bridgehead atoms. The van der Waals surface area contributed by atoms with Gasteiger partial charge in [0.15, 0.2) is 0 Å². The summed E-state index contributed by atoms with van der Waals surface area (Å²) in [5.74, 6) is 0. The number of carbonyl (C=O) groups excluding carboxylic acids is 1. The molecule has 0 aromatic heterocycles. The number of urea groups is 1. The lowest BCUT2D eigenvalue weighted by Gasteiger charge is -2.36.